The number of likely N-dealkylation sites (tertiary alicyclic amines) is 1. The zero-order chi connectivity index (χ0) is 11.8. The number of fused-ring (bicyclic) bond motifs is 1. The quantitative estimate of drug-likeness (QED) is 0.806. The van der Waals surface area contributed by atoms with Crippen molar-refractivity contribution in [2.75, 3.05) is 13.1 Å². The zero-order valence-electron chi connectivity index (χ0n) is 10.4. The maximum absolute atomic E-state index is 4.78. The highest BCUT2D eigenvalue weighted by Crippen LogP contribution is 2.33. The molecule has 0 bridgehead atoms. The summed E-state index contributed by atoms with van der Waals surface area (Å²) in [4.78, 5) is 7.33. The highest BCUT2D eigenvalue weighted by Gasteiger charge is 2.27. The van der Waals surface area contributed by atoms with Crippen LogP contribution < -0.4 is 0 Å². The lowest BCUT2D eigenvalue weighted by atomic mass is 10.1. The molecule has 3 rings (SSSR count). The third kappa shape index (κ3) is 2.09. The van der Waals surface area contributed by atoms with Gasteiger partial charge in [-0.05, 0) is 38.9 Å². The molecule has 1 saturated heterocycles. The van der Waals surface area contributed by atoms with E-state index in [0.717, 1.165) is 5.52 Å². The van der Waals surface area contributed by atoms with Crippen molar-refractivity contribution in [3.8, 4) is 0 Å². The molecule has 17 heavy (non-hydrogen) atoms. The van der Waals surface area contributed by atoms with Crippen LogP contribution in [-0.4, -0.2) is 29.0 Å². The van der Waals surface area contributed by atoms with Gasteiger partial charge in [0.15, 0.2) is 0 Å². The Morgan fingerprint density at radius 3 is 2.88 bits per heavy atom. The van der Waals surface area contributed by atoms with Crippen molar-refractivity contribution in [3.05, 3.63) is 29.3 Å². The van der Waals surface area contributed by atoms with Crippen LogP contribution in [0, 0.1) is 0 Å². The second-order valence-electron chi connectivity index (χ2n) is 5.09. The normalized spacial score (nSPS) is 21.7. The molecule has 1 aliphatic heterocycles. The Balaban J connectivity index is 1.85. The van der Waals surface area contributed by atoms with Crippen LogP contribution in [0.2, 0.25) is 0 Å². The van der Waals surface area contributed by atoms with E-state index in [-0.39, 0.29) is 0 Å². The lowest BCUT2D eigenvalue weighted by Gasteiger charge is -2.19. The van der Waals surface area contributed by atoms with Crippen LogP contribution in [0.5, 0.6) is 0 Å². The number of hydrogen-bond donors (Lipinski definition) is 0. The van der Waals surface area contributed by atoms with E-state index >= 15 is 0 Å². The maximum Gasteiger partial charge on any atom is 0.0982 e. The molecule has 1 aromatic carbocycles. The van der Waals surface area contributed by atoms with Crippen molar-refractivity contribution in [1.82, 2.24) is 9.88 Å². The summed E-state index contributed by atoms with van der Waals surface area (Å²) in [6.07, 6.45) is 1.26. The average molecular weight is 246 g/mol. The molecule has 1 aliphatic rings. The van der Waals surface area contributed by atoms with E-state index in [1.165, 1.54) is 29.2 Å². The smallest absolute Gasteiger partial charge is 0.0982 e. The molecule has 0 N–H and O–H groups in total. The number of aromatic nitrogens is 1. The van der Waals surface area contributed by atoms with Crippen molar-refractivity contribution in [1.29, 1.82) is 0 Å². The Labute approximate surface area is 106 Å². The molecule has 1 aromatic heterocycles. The highest BCUT2D eigenvalue weighted by atomic mass is 32.1. The number of para-hydroxylation sites is 1. The molecule has 0 spiro atoms. The first-order chi connectivity index (χ1) is 8.24. The predicted octanol–water partition coefficient (Wildman–Crippen LogP) is 3.49. The zero-order valence-corrected chi connectivity index (χ0v) is 11.2. The third-order valence-electron chi connectivity index (χ3n) is 3.61. The van der Waals surface area contributed by atoms with E-state index < -0.39 is 0 Å². The SMILES string of the molecule is CC(C)N1CC[C@H](c2nc3ccccc3s2)C1. The molecule has 2 aromatic rings. The van der Waals surface area contributed by atoms with Crippen molar-refractivity contribution < 1.29 is 0 Å². The number of rotatable bonds is 2. The Morgan fingerprint density at radius 2 is 2.18 bits per heavy atom. The van der Waals surface area contributed by atoms with Gasteiger partial charge in [0.1, 0.15) is 0 Å². The minimum atomic E-state index is 0.648. The maximum atomic E-state index is 4.78. The average Bonchev–Trinajstić information content (AvgIpc) is 2.95. The summed E-state index contributed by atoms with van der Waals surface area (Å²) in [5, 5.41) is 1.33. The third-order valence-corrected chi connectivity index (χ3v) is 4.81. The van der Waals surface area contributed by atoms with Gasteiger partial charge in [0.2, 0.25) is 0 Å². The number of nitrogens with zero attached hydrogens (tertiary/aromatic N) is 2. The van der Waals surface area contributed by atoms with Gasteiger partial charge in [0.25, 0.3) is 0 Å². The van der Waals surface area contributed by atoms with Crippen LogP contribution in [-0.2, 0) is 0 Å². The molecule has 0 unspecified atom stereocenters. The molecule has 0 radical (unpaired) electrons. The Hall–Kier alpha value is -0.930. The van der Waals surface area contributed by atoms with Gasteiger partial charge in [-0.1, -0.05) is 12.1 Å². The summed E-state index contributed by atoms with van der Waals surface area (Å²) in [7, 11) is 0. The van der Waals surface area contributed by atoms with Gasteiger partial charge in [-0.3, -0.25) is 0 Å². The van der Waals surface area contributed by atoms with Crippen LogP contribution in [0.4, 0.5) is 0 Å². The lowest BCUT2D eigenvalue weighted by molar-refractivity contribution is 0.272. The van der Waals surface area contributed by atoms with Gasteiger partial charge in [-0.2, -0.15) is 0 Å². The second kappa shape index (κ2) is 4.39. The van der Waals surface area contributed by atoms with Crippen LogP contribution >= 0.6 is 11.3 Å². The lowest BCUT2D eigenvalue weighted by Crippen LogP contribution is -2.27. The molecule has 2 nitrogen and oxygen atoms in total. The van der Waals surface area contributed by atoms with E-state index in [1.54, 1.807) is 0 Å². The van der Waals surface area contributed by atoms with Gasteiger partial charge in [-0.15, -0.1) is 11.3 Å². The van der Waals surface area contributed by atoms with Crippen molar-refractivity contribution in [3.63, 3.8) is 0 Å². The molecule has 2 heterocycles. The summed E-state index contributed by atoms with van der Waals surface area (Å²) in [6, 6.07) is 9.12. The fourth-order valence-corrected chi connectivity index (χ4v) is 3.62. The molecule has 0 amide bonds. The Bertz CT molecular complexity index is 485. The van der Waals surface area contributed by atoms with Crippen molar-refractivity contribution in [2.45, 2.75) is 32.2 Å². The van der Waals surface area contributed by atoms with E-state index in [9.17, 15) is 0 Å². The first-order valence-electron chi connectivity index (χ1n) is 6.33. The fourth-order valence-electron chi connectivity index (χ4n) is 2.52. The summed E-state index contributed by atoms with van der Waals surface area (Å²) in [5.74, 6) is 0.648. The Morgan fingerprint density at radius 1 is 1.35 bits per heavy atom. The molecular weight excluding hydrogens is 228 g/mol. The summed E-state index contributed by atoms with van der Waals surface area (Å²) >= 11 is 1.87. The molecule has 0 saturated carbocycles. The van der Waals surface area contributed by atoms with E-state index in [2.05, 4.69) is 43.0 Å². The highest BCUT2D eigenvalue weighted by molar-refractivity contribution is 7.18. The second-order valence-corrected chi connectivity index (χ2v) is 6.16. The summed E-state index contributed by atoms with van der Waals surface area (Å²) in [6.45, 7) is 6.96. The molecule has 1 atom stereocenters. The van der Waals surface area contributed by atoms with Crippen molar-refractivity contribution in [2.24, 2.45) is 0 Å². The molecule has 3 heteroatoms. The molecular formula is C14H18N2S. The Kier molecular flexibility index (Phi) is 2.89. The van der Waals surface area contributed by atoms with Gasteiger partial charge < -0.3 is 4.90 Å². The molecule has 0 aliphatic carbocycles. The molecule has 1 fully saturated rings. The summed E-state index contributed by atoms with van der Waals surface area (Å²) < 4.78 is 1.32. The first kappa shape index (κ1) is 11.2. The van der Waals surface area contributed by atoms with Crippen LogP contribution in [0.3, 0.4) is 0 Å². The number of benzene rings is 1. The largest absolute Gasteiger partial charge is 0.300 e. The monoisotopic (exact) mass is 246 g/mol. The minimum Gasteiger partial charge on any atom is -0.300 e. The first-order valence-corrected chi connectivity index (χ1v) is 7.15. The molecule has 90 valence electrons. The number of hydrogen-bond acceptors (Lipinski definition) is 3. The predicted molar refractivity (Wildman–Crippen MR) is 73.7 cm³/mol. The van der Waals surface area contributed by atoms with E-state index in [1.807, 2.05) is 11.3 Å². The van der Waals surface area contributed by atoms with Crippen LogP contribution in [0.1, 0.15) is 31.2 Å². The number of thiazole rings is 1. The van der Waals surface area contributed by atoms with Gasteiger partial charge in [0, 0.05) is 18.5 Å². The fraction of sp³-hybridized carbons (Fsp3) is 0.500. The minimum absolute atomic E-state index is 0.648. The van der Waals surface area contributed by atoms with Gasteiger partial charge in [0.05, 0.1) is 15.2 Å². The standard InChI is InChI=1S/C14H18N2S/c1-10(2)16-8-7-11(9-16)14-15-12-5-3-4-6-13(12)17-14/h3-6,10-11H,7-9H2,1-2H3/t11-/m0/s1. The van der Waals surface area contributed by atoms with Crippen LogP contribution in [0.25, 0.3) is 10.2 Å². The van der Waals surface area contributed by atoms with E-state index in [4.69, 9.17) is 4.98 Å². The van der Waals surface area contributed by atoms with E-state index in [0.29, 0.717) is 12.0 Å². The van der Waals surface area contributed by atoms with Gasteiger partial charge in [-0.25, -0.2) is 4.98 Å². The van der Waals surface area contributed by atoms with Crippen molar-refractivity contribution >= 4 is 21.6 Å². The van der Waals surface area contributed by atoms with Crippen LogP contribution in [0.15, 0.2) is 24.3 Å². The topological polar surface area (TPSA) is 16.1 Å². The van der Waals surface area contributed by atoms with Gasteiger partial charge >= 0.3 is 0 Å². The summed E-state index contributed by atoms with van der Waals surface area (Å²) in [5.41, 5.74) is 1.16.